The predicted octanol–water partition coefficient (Wildman–Crippen LogP) is 5.36. The Morgan fingerprint density at radius 2 is 1.69 bits per heavy atom. The average Bonchev–Trinajstić information content (AvgIpc) is 3.16. The van der Waals surface area contributed by atoms with Crippen LogP contribution in [0.2, 0.25) is 4.47 Å². The van der Waals surface area contributed by atoms with Gasteiger partial charge in [-0.3, -0.25) is 9.59 Å². The highest BCUT2D eigenvalue weighted by Crippen LogP contribution is 2.36. The molecule has 0 atom stereocenters. The van der Waals surface area contributed by atoms with E-state index in [1.807, 2.05) is 36.4 Å². The molecule has 29 heavy (non-hydrogen) atoms. The van der Waals surface area contributed by atoms with E-state index in [1.54, 1.807) is 30.5 Å². The molecule has 3 aromatic carbocycles. The highest BCUT2D eigenvalue weighted by atomic mass is 35.5. The Kier molecular flexibility index (Phi) is 4.30. The number of anilines is 2. The second kappa shape index (κ2) is 6.99. The van der Waals surface area contributed by atoms with E-state index in [1.165, 1.54) is 16.2 Å². The third-order valence-electron chi connectivity index (χ3n) is 4.90. The number of thiazole rings is 1. The summed E-state index contributed by atoms with van der Waals surface area (Å²) in [4.78, 5) is 32.6. The lowest BCUT2D eigenvalue weighted by molar-refractivity contribution is 0.0893. The maximum absolute atomic E-state index is 13.2. The second-order valence-corrected chi connectivity index (χ2v) is 8.30. The van der Waals surface area contributed by atoms with Crippen molar-refractivity contribution in [2.24, 2.45) is 0 Å². The predicted molar refractivity (Wildman–Crippen MR) is 116 cm³/mol. The quantitative estimate of drug-likeness (QED) is 0.452. The van der Waals surface area contributed by atoms with E-state index in [2.05, 4.69) is 10.3 Å². The van der Waals surface area contributed by atoms with Crippen molar-refractivity contribution in [2.45, 2.75) is 6.54 Å². The van der Waals surface area contributed by atoms with Crippen LogP contribution in [0, 0.1) is 0 Å². The van der Waals surface area contributed by atoms with Gasteiger partial charge in [0, 0.05) is 38.7 Å². The van der Waals surface area contributed by atoms with Crippen molar-refractivity contribution in [3.63, 3.8) is 0 Å². The van der Waals surface area contributed by atoms with Gasteiger partial charge in [0.2, 0.25) is 0 Å². The van der Waals surface area contributed by atoms with Gasteiger partial charge in [0.15, 0.2) is 4.47 Å². The van der Waals surface area contributed by atoms with Crippen LogP contribution in [0.1, 0.15) is 25.6 Å². The molecule has 0 saturated carbocycles. The van der Waals surface area contributed by atoms with Gasteiger partial charge >= 0.3 is 0 Å². The van der Waals surface area contributed by atoms with Crippen LogP contribution in [0.4, 0.5) is 11.4 Å². The fourth-order valence-electron chi connectivity index (χ4n) is 3.61. The summed E-state index contributed by atoms with van der Waals surface area (Å²) in [6.07, 6.45) is 1.73. The number of aromatic nitrogens is 1. The molecule has 1 aromatic heterocycles. The summed E-state index contributed by atoms with van der Waals surface area (Å²) in [6.45, 7) is 0.557. The highest BCUT2D eigenvalue weighted by molar-refractivity contribution is 7.15. The number of benzene rings is 3. The molecule has 4 aromatic rings. The zero-order chi connectivity index (χ0) is 20.0. The van der Waals surface area contributed by atoms with Gasteiger partial charge in [-0.05, 0) is 30.3 Å². The number of carbonyl (C=O) groups is 2. The summed E-state index contributed by atoms with van der Waals surface area (Å²) in [5, 5.41) is 4.89. The van der Waals surface area contributed by atoms with Crippen molar-refractivity contribution in [1.82, 2.24) is 4.98 Å². The minimum absolute atomic E-state index is 0.314. The number of para-hydroxylation sites is 1. The molecule has 0 bridgehead atoms. The molecule has 5 rings (SSSR count). The Balaban J connectivity index is 1.59. The summed E-state index contributed by atoms with van der Waals surface area (Å²) in [5.41, 5.74) is 2.45. The van der Waals surface area contributed by atoms with Gasteiger partial charge in [0.25, 0.3) is 11.8 Å². The summed E-state index contributed by atoms with van der Waals surface area (Å²) >= 11 is 7.31. The lowest BCUT2D eigenvalue weighted by Crippen LogP contribution is -2.40. The van der Waals surface area contributed by atoms with Crippen molar-refractivity contribution in [2.75, 3.05) is 10.2 Å². The van der Waals surface area contributed by atoms with Gasteiger partial charge in [-0.1, -0.05) is 41.9 Å². The van der Waals surface area contributed by atoms with Crippen molar-refractivity contribution >= 4 is 56.9 Å². The van der Waals surface area contributed by atoms with Crippen LogP contribution in [0.5, 0.6) is 0 Å². The molecule has 0 unspecified atom stereocenters. The van der Waals surface area contributed by atoms with Crippen molar-refractivity contribution in [3.8, 4) is 0 Å². The highest BCUT2D eigenvalue weighted by Gasteiger charge is 2.34. The fraction of sp³-hybridized carbons (Fsp3) is 0.0455. The first-order valence-electron chi connectivity index (χ1n) is 8.97. The molecule has 0 spiro atoms. The molecule has 2 amide bonds. The summed E-state index contributed by atoms with van der Waals surface area (Å²) < 4.78 is 0.496. The Hall–Kier alpha value is -3.22. The SMILES string of the molecule is O=C1c2cccc3c(NCc4cnc(Cl)s4)ccc(c23)C(=O)N1c1ccccc1. The molecule has 0 fully saturated rings. The van der Waals surface area contributed by atoms with E-state index in [0.717, 1.165) is 16.0 Å². The number of rotatable bonds is 4. The van der Waals surface area contributed by atoms with Gasteiger partial charge < -0.3 is 5.32 Å². The van der Waals surface area contributed by atoms with Gasteiger partial charge in [-0.15, -0.1) is 11.3 Å². The van der Waals surface area contributed by atoms with Crippen LogP contribution in [0.25, 0.3) is 10.8 Å². The molecule has 7 heteroatoms. The molecule has 142 valence electrons. The van der Waals surface area contributed by atoms with E-state index in [9.17, 15) is 9.59 Å². The molecule has 1 aliphatic rings. The number of nitrogens with zero attached hydrogens (tertiary/aromatic N) is 2. The first-order valence-corrected chi connectivity index (χ1v) is 10.2. The maximum Gasteiger partial charge on any atom is 0.265 e. The van der Waals surface area contributed by atoms with Gasteiger partial charge in [-0.25, -0.2) is 9.88 Å². The van der Waals surface area contributed by atoms with Crippen molar-refractivity contribution in [1.29, 1.82) is 0 Å². The van der Waals surface area contributed by atoms with Crippen LogP contribution in [-0.4, -0.2) is 16.8 Å². The maximum atomic E-state index is 13.2. The largest absolute Gasteiger partial charge is 0.380 e. The number of imide groups is 1. The van der Waals surface area contributed by atoms with Crippen molar-refractivity contribution in [3.05, 3.63) is 87.3 Å². The summed E-state index contributed by atoms with van der Waals surface area (Å²) in [7, 11) is 0. The average molecular weight is 420 g/mol. The molecule has 0 radical (unpaired) electrons. The minimum atomic E-state index is -0.314. The number of halogens is 1. The number of amides is 2. The second-order valence-electron chi connectivity index (χ2n) is 6.60. The monoisotopic (exact) mass is 419 g/mol. The number of carbonyl (C=O) groups excluding carboxylic acids is 2. The minimum Gasteiger partial charge on any atom is -0.380 e. The first kappa shape index (κ1) is 17.8. The standard InChI is InChI=1S/C22H14ClN3O2S/c23-22-25-12-14(29-22)11-24-18-10-9-17-19-15(18)7-4-8-16(19)20(27)26(21(17)28)13-5-2-1-3-6-13/h1-10,12,24H,11H2. The zero-order valence-electron chi connectivity index (χ0n) is 15.1. The molecule has 1 N–H and O–H groups in total. The van der Waals surface area contributed by atoms with Crippen LogP contribution in [0.3, 0.4) is 0 Å². The van der Waals surface area contributed by atoms with Gasteiger partial charge in [0.05, 0.1) is 12.2 Å². The first-order chi connectivity index (χ1) is 14.1. The van der Waals surface area contributed by atoms with E-state index in [4.69, 9.17) is 11.6 Å². The molecule has 5 nitrogen and oxygen atoms in total. The molecule has 0 saturated heterocycles. The number of hydrogen-bond acceptors (Lipinski definition) is 5. The number of hydrogen-bond donors (Lipinski definition) is 1. The Bertz CT molecular complexity index is 1250. The smallest absolute Gasteiger partial charge is 0.265 e. The third kappa shape index (κ3) is 2.97. The summed E-state index contributed by atoms with van der Waals surface area (Å²) in [6, 6.07) is 18.2. The normalized spacial score (nSPS) is 13.2. The molecular weight excluding hydrogens is 406 g/mol. The zero-order valence-corrected chi connectivity index (χ0v) is 16.6. The summed E-state index contributed by atoms with van der Waals surface area (Å²) in [5.74, 6) is -0.628. The number of nitrogens with one attached hydrogen (secondary N) is 1. The fourth-order valence-corrected chi connectivity index (χ4v) is 4.53. The molecule has 1 aliphatic heterocycles. The van der Waals surface area contributed by atoms with E-state index in [-0.39, 0.29) is 11.8 Å². The third-order valence-corrected chi connectivity index (χ3v) is 6.02. The van der Waals surface area contributed by atoms with Gasteiger partial charge in [0.1, 0.15) is 0 Å². The van der Waals surface area contributed by atoms with E-state index in [0.29, 0.717) is 33.2 Å². The van der Waals surface area contributed by atoms with Crippen molar-refractivity contribution < 1.29 is 9.59 Å². The van der Waals surface area contributed by atoms with Crippen LogP contribution in [-0.2, 0) is 6.54 Å². The van der Waals surface area contributed by atoms with Gasteiger partial charge in [-0.2, -0.15) is 0 Å². The van der Waals surface area contributed by atoms with Crippen LogP contribution in [0.15, 0.2) is 66.9 Å². The Labute approximate surface area is 175 Å². The Morgan fingerprint density at radius 1 is 0.931 bits per heavy atom. The Morgan fingerprint density at radius 3 is 2.41 bits per heavy atom. The lowest BCUT2D eigenvalue weighted by atomic mass is 9.92. The topological polar surface area (TPSA) is 62.3 Å². The molecule has 0 aliphatic carbocycles. The molecule has 2 heterocycles. The van der Waals surface area contributed by atoms with Crippen LogP contribution < -0.4 is 10.2 Å². The van der Waals surface area contributed by atoms with E-state index >= 15 is 0 Å². The van der Waals surface area contributed by atoms with E-state index < -0.39 is 0 Å². The molecular formula is C22H14ClN3O2S. The van der Waals surface area contributed by atoms with Crippen LogP contribution >= 0.6 is 22.9 Å². The lowest BCUT2D eigenvalue weighted by Gasteiger charge is -2.27.